The summed E-state index contributed by atoms with van der Waals surface area (Å²) in [5.74, 6) is 0.207. The van der Waals surface area contributed by atoms with Crippen LogP contribution >= 0.6 is 0 Å². The third-order valence-electron chi connectivity index (χ3n) is 4.47. The van der Waals surface area contributed by atoms with E-state index in [4.69, 9.17) is 5.73 Å². The van der Waals surface area contributed by atoms with Gasteiger partial charge in [0.1, 0.15) is 5.69 Å². The van der Waals surface area contributed by atoms with E-state index in [0.717, 1.165) is 24.8 Å². The zero-order valence-corrected chi connectivity index (χ0v) is 12.7. The molecular formula is C17H21N3O2. The second kappa shape index (κ2) is 5.93. The monoisotopic (exact) mass is 299 g/mol. The van der Waals surface area contributed by atoms with Gasteiger partial charge in [0.05, 0.1) is 0 Å². The van der Waals surface area contributed by atoms with E-state index in [1.165, 1.54) is 0 Å². The van der Waals surface area contributed by atoms with Crippen LogP contribution in [0.4, 0.5) is 0 Å². The van der Waals surface area contributed by atoms with E-state index in [1.807, 2.05) is 25.1 Å². The summed E-state index contributed by atoms with van der Waals surface area (Å²) < 4.78 is 0. The molecule has 2 unspecified atom stereocenters. The van der Waals surface area contributed by atoms with Crippen LogP contribution in [0.2, 0.25) is 0 Å². The van der Waals surface area contributed by atoms with Crippen LogP contribution in [0, 0.1) is 5.92 Å². The number of hydrogen-bond acceptors (Lipinski definition) is 3. The molecule has 1 aliphatic heterocycles. The van der Waals surface area contributed by atoms with Gasteiger partial charge in [-0.1, -0.05) is 18.2 Å². The number of pyridine rings is 1. The van der Waals surface area contributed by atoms with E-state index >= 15 is 0 Å². The minimum atomic E-state index is -0.220. The highest BCUT2D eigenvalue weighted by atomic mass is 16.2. The summed E-state index contributed by atoms with van der Waals surface area (Å²) in [4.78, 5) is 29.3. The predicted molar refractivity (Wildman–Crippen MR) is 86.8 cm³/mol. The number of nitrogens with two attached hydrogens (primary N) is 1. The number of benzene rings is 1. The van der Waals surface area contributed by atoms with Gasteiger partial charge in [-0.05, 0) is 43.2 Å². The lowest BCUT2D eigenvalue weighted by Crippen LogP contribution is -2.45. The van der Waals surface area contributed by atoms with Gasteiger partial charge in [0.2, 0.25) is 0 Å². The molecule has 0 aliphatic carbocycles. The average molecular weight is 299 g/mol. The lowest BCUT2D eigenvalue weighted by Gasteiger charge is -2.34. The fourth-order valence-electron chi connectivity index (χ4n) is 3.12. The van der Waals surface area contributed by atoms with Gasteiger partial charge in [0, 0.05) is 24.5 Å². The van der Waals surface area contributed by atoms with E-state index in [-0.39, 0.29) is 17.5 Å². The number of carbonyl (C=O) groups is 1. The quantitative estimate of drug-likeness (QED) is 0.886. The maximum Gasteiger partial charge on any atom is 0.270 e. The molecule has 1 saturated heterocycles. The van der Waals surface area contributed by atoms with Crippen LogP contribution in [0.15, 0.2) is 35.1 Å². The highest BCUT2D eigenvalue weighted by molar-refractivity contribution is 5.96. The summed E-state index contributed by atoms with van der Waals surface area (Å²) in [6, 6.07) is 9.12. The van der Waals surface area contributed by atoms with E-state index < -0.39 is 0 Å². The molecule has 3 rings (SSSR count). The van der Waals surface area contributed by atoms with E-state index in [2.05, 4.69) is 4.98 Å². The molecular weight excluding hydrogens is 278 g/mol. The van der Waals surface area contributed by atoms with Crippen molar-refractivity contribution >= 4 is 16.7 Å². The minimum absolute atomic E-state index is 0.0752. The number of H-pyrrole nitrogens is 1. The number of amides is 1. The van der Waals surface area contributed by atoms with E-state index in [0.29, 0.717) is 23.5 Å². The summed E-state index contributed by atoms with van der Waals surface area (Å²) in [6.45, 7) is 3.36. The van der Waals surface area contributed by atoms with Crippen molar-refractivity contribution in [3.8, 4) is 0 Å². The Morgan fingerprint density at radius 1 is 1.41 bits per heavy atom. The molecule has 0 radical (unpaired) electrons. The van der Waals surface area contributed by atoms with Crippen molar-refractivity contribution in [3.05, 3.63) is 46.4 Å². The maximum atomic E-state index is 12.7. The average Bonchev–Trinajstić information content (AvgIpc) is 2.54. The molecule has 2 heterocycles. The molecule has 1 aromatic carbocycles. The fraction of sp³-hybridized carbons (Fsp3) is 0.412. The van der Waals surface area contributed by atoms with Crippen LogP contribution in [0.3, 0.4) is 0 Å². The molecule has 2 atom stereocenters. The molecule has 0 saturated carbocycles. The van der Waals surface area contributed by atoms with Gasteiger partial charge in [-0.3, -0.25) is 9.59 Å². The Balaban J connectivity index is 1.90. The number of nitrogens with one attached hydrogen (secondary N) is 1. The zero-order valence-electron chi connectivity index (χ0n) is 12.7. The van der Waals surface area contributed by atoms with Crippen molar-refractivity contribution < 1.29 is 4.79 Å². The van der Waals surface area contributed by atoms with Gasteiger partial charge >= 0.3 is 0 Å². The van der Waals surface area contributed by atoms with Crippen LogP contribution in [0.25, 0.3) is 10.8 Å². The number of aromatic amines is 1. The van der Waals surface area contributed by atoms with Crippen molar-refractivity contribution in [2.75, 3.05) is 13.1 Å². The van der Waals surface area contributed by atoms with Gasteiger partial charge in [-0.25, -0.2) is 0 Å². The predicted octanol–water partition coefficient (Wildman–Crippen LogP) is 1.73. The Labute approximate surface area is 129 Å². The molecule has 0 bridgehead atoms. The SMILES string of the molecule is CC(N)C1CCCN(C(=O)c2cc3ccccc3c(=O)[nH]2)C1. The molecule has 2 aromatic rings. The van der Waals surface area contributed by atoms with Crippen molar-refractivity contribution in [1.82, 2.24) is 9.88 Å². The highest BCUT2D eigenvalue weighted by Crippen LogP contribution is 2.20. The maximum absolute atomic E-state index is 12.7. The van der Waals surface area contributed by atoms with Crippen molar-refractivity contribution in [1.29, 1.82) is 0 Å². The van der Waals surface area contributed by atoms with Gasteiger partial charge in [-0.15, -0.1) is 0 Å². The Bertz CT molecular complexity index is 751. The van der Waals surface area contributed by atoms with Crippen molar-refractivity contribution in [2.24, 2.45) is 11.7 Å². The topological polar surface area (TPSA) is 79.2 Å². The van der Waals surface area contributed by atoms with Crippen LogP contribution in [-0.4, -0.2) is 34.9 Å². The van der Waals surface area contributed by atoms with Gasteiger partial charge in [-0.2, -0.15) is 0 Å². The summed E-state index contributed by atoms with van der Waals surface area (Å²) >= 11 is 0. The molecule has 1 amide bonds. The second-order valence-electron chi connectivity index (χ2n) is 6.11. The number of aromatic nitrogens is 1. The summed E-state index contributed by atoms with van der Waals surface area (Å²) in [5, 5.41) is 1.39. The normalized spacial score (nSPS) is 20.1. The molecule has 5 nitrogen and oxygen atoms in total. The van der Waals surface area contributed by atoms with Crippen LogP contribution in [0.5, 0.6) is 0 Å². The number of rotatable bonds is 2. The number of piperidine rings is 1. The Morgan fingerprint density at radius 2 is 2.18 bits per heavy atom. The Kier molecular flexibility index (Phi) is 3.98. The van der Waals surface area contributed by atoms with Crippen LogP contribution in [0.1, 0.15) is 30.3 Å². The number of hydrogen-bond donors (Lipinski definition) is 2. The number of likely N-dealkylation sites (tertiary alicyclic amines) is 1. The summed E-state index contributed by atoms with van der Waals surface area (Å²) in [5.41, 5.74) is 6.11. The third-order valence-corrected chi connectivity index (χ3v) is 4.47. The largest absolute Gasteiger partial charge is 0.337 e. The lowest BCUT2D eigenvalue weighted by atomic mass is 9.92. The van der Waals surface area contributed by atoms with Gasteiger partial charge in [0.15, 0.2) is 0 Å². The first-order valence-electron chi connectivity index (χ1n) is 7.73. The fourth-order valence-corrected chi connectivity index (χ4v) is 3.12. The third kappa shape index (κ3) is 2.76. The van der Waals surface area contributed by atoms with E-state index in [1.54, 1.807) is 17.0 Å². The van der Waals surface area contributed by atoms with Crippen molar-refractivity contribution in [3.63, 3.8) is 0 Å². The molecule has 1 fully saturated rings. The van der Waals surface area contributed by atoms with E-state index in [9.17, 15) is 9.59 Å². The summed E-state index contributed by atoms with van der Waals surface area (Å²) in [7, 11) is 0. The molecule has 22 heavy (non-hydrogen) atoms. The first-order valence-corrected chi connectivity index (χ1v) is 7.73. The molecule has 1 aliphatic rings. The molecule has 0 spiro atoms. The van der Waals surface area contributed by atoms with Crippen molar-refractivity contribution in [2.45, 2.75) is 25.8 Å². The highest BCUT2D eigenvalue weighted by Gasteiger charge is 2.27. The first kappa shape index (κ1) is 14.8. The first-order chi connectivity index (χ1) is 10.6. The zero-order chi connectivity index (χ0) is 15.7. The molecule has 1 aromatic heterocycles. The summed E-state index contributed by atoms with van der Waals surface area (Å²) in [6.07, 6.45) is 2.01. The lowest BCUT2D eigenvalue weighted by molar-refractivity contribution is 0.0655. The number of carbonyl (C=O) groups excluding carboxylic acids is 1. The van der Waals surface area contributed by atoms with Gasteiger partial charge < -0.3 is 15.6 Å². The molecule has 3 N–H and O–H groups in total. The van der Waals surface area contributed by atoms with Crippen LogP contribution in [-0.2, 0) is 0 Å². The molecule has 116 valence electrons. The minimum Gasteiger partial charge on any atom is -0.337 e. The Morgan fingerprint density at radius 3 is 2.95 bits per heavy atom. The smallest absolute Gasteiger partial charge is 0.270 e. The van der Waals surface area contributed by atoms with Gasteiger partial charge in [0.25, 0.3) is 11.5 Å². The second-order valence-corrected chi connectivity index (χ2v) is 6.11. The number of fused-ring (bicyclic) bond motifs is 1. The Hall–Kier alpha value is -2.14. The standard InChI is InChI=1S/C17H21N3O2/c1-11(18)13-6-4-8-20(10-13)17(22)15-9-12-5-2-3-7-14(12)16(21)19-15/h2-3,5,7,9,11,13H,4,6,8,10,18H2,1H3,(H,19,21). The molecule has 5 heteroatoms. The number of nitrogens with zero attached hydrogens (tertiary/aromatic N) is 1. The van der Waals surface area contributed by atoms with Crippen LogP contribution < -0.4 is 11.3 Å².